The van der Waals surface area contributed by atoms with Crippen LogP contribution in [0.15, 0.2) is 52.4 Å². The van der Waals surface area contributed by atoms with E-state index in [1.165, 1.54) is 23.4 Å². The molecular weight excluding hydrogens is 378 g/mol. The van der Waals surface area contributed by atoms with Crippen molar-refractivity contribution in [3.8, 4) is 11.5 Å². The molecule has 0 aliphatic carbocycles. The van der Waals surface area contributed by atoms with Crippen LogP contribution in [0.4, 0.5) is 5.69 Å². The standard InChI is InChI=1S/C20H21N3O4S/c1-23-19(25)14-6-4-5-7-15(14)22-20(23)28-11-10-18(24)21-16-9-8-13(26-2)12-17(16)27-3/h4-9,12H,10-11H2,1-3H3,(H,21,24). The van der Waals surface area contributed by atoms with E-state index in [0.29, 0.717) is 39.0 Å². The zero-order valence-corrected chi connectivity index (χ0v) is 16.7. The summed E-state index contributed by atoms with van der Waals surface area (Å²) >= 11 is 1.37. The van der Waals surface area contributed by atoms with E-state index in [1.54, 1.807) is 38.4 Å². The molecule has 1 N–H and O–H groups in total. The van der Waals surface area contributed by atoms with Gasteiger partial charge in [-0.25, -0.2) is 4.98 Å². The van der Waals surface area contributed by atoms with E-state index in [1.807, 2.05) is 18.2 Å². The molecule has 0 atom stereocenters. The lowest BCUT2D eigenvalue weighted by molar-refractivity contribution is -0.115. The quantitative estimate of drug-likeness (QED) is 0.486. The van der Waals surface area contributed by atoms with Crippen molar-refractivity contribution in [2.75, 3.05) is 25.3 Å². The van der Waals surface area contributed by atoms with Crippen LogP contribution in [0.5, 0.6) is 11.5 Å². The molecule has 0 aliphatic heterocycles. The highest BCUT2D eigenvalue weighted by Gasteiger charge is 2.11. The van der Waals surface area contributed by atoms with Crippen molar-refractivity contribution in [2.24, 2.45) is 7.05 Å². The molecule has 1 amide bonds. The molecule has 146 valence electrons. The molecule has 0 bridgehead atoms. The molecule has 1 aromatic heterocycles. The maximum absolute atomic E-state index is 12.4. The van der Waals surface area contributed by atoms with E-state index in [4.69, 9.17) is 9.47 Å². The Kier molecular flexibility index (Phi) is 6.20. The second-order valence-electron chi connectivity index (χ2n) is 5.99. The van der Waals surface area contributed by atoms with Gasteiger partial charge in [0.25, 0.3) is 5.56 Å². The first-order valence-electron chi connectivity index (χ1n) is 8.64. The first-order chi connectivity index (χ1) is 13.5. The number of hydrogen-bond donors (Lipinski definition) is 1. The summed E-state index contributed by atoms with van der Waals surface area (Å²) in [7, 11) is 4.79. The van der Waals surface area contributed by atoms with Crippen LogP contribution in [-0.2, 0) is 11.8 Å². The van der Waals surface area contributed by atoms with Crippen LogP contribution in [0.25, 0.3) is 10.9 Å². The Bertz CT molecular complexity index is 1060. The predicted molar refractivity (Wildman–Crippen MR) is 111 cm³/mol. The fourth-order valence-electron chi connectivity index (χ4n) is 2.68. The van der Waals surface area contributed by atoms with Gasteiger partial charge in [-0.05, 0) is 24.3 Å². The average Bonchev–Trinajstić information content (AvgIpc) is 2.72. The van der Waals surface area contributed by atoms with E-state index in [2.05, 4.69) is 10.3 Å². The van der Waals surface area contributed by atoms with Crippen molar-refractivity contribution in [2.45, 2.75) is 11.6 Å². The van der Waals surface area contributed by atoms with E-state index in [0.717, 1.165) is 0 Å². The van der Waals surface area contributed by atoms with Gasteiger partial charge in [0, 0.05) is 25.3 Å². The van der Waals surface area contributed by atoms with Gasteiger partial charge < -0.3 is 14.8 Å². The number of ether oxygens (including phenoxy) is 2. The molecule has 0 aliphatic rings. The van der Waals surface area contributed by atoms with Gasteiger partial charge in [-0.1, -0.05) is 23.9 Å². The maximum Gasteiger partial charge on any atom is 0.261 e. The highest BCUT2D eigenvalue weighted by molar-refractivity contribution is 7.99. The van der Waals surface area contributed by atoms with Gasteiger partial charge >= 0.3 is 0 Å². The van der Waals surface area contributed by atoms with Crippen LogP contribution in [0.1, 0.15) is 6.42 Å². The van der Waals surface area contributed by atoms with E-state index in [-0.39, 0.29) is 17.9 Å². The molecule has 0 saturated carbocycles. The summed E-state index contributed by atoms with van der Waals surface area (Å²) in [6, 6.07) is 12.4. The number of nitrogens with one attached hydrogen (secondary N) is 1. The molecule has 0 fully saturated rings. The van der Waals surface area contributed by atoms with Gasteiger partial charge in [-0.2, -0.15) is 0 Å². The van der Waals surface area contributed by atoms with Crippen molar-refractivity contribution in [3.05, 3.63) is 52.8 Å². The summed E-state index contributed by atoms with van der Waals surface area (Å²) in [5.74, 6) is 1.51. The number of amides is 1. The van der Waals surface area contributed by atoms with Gasteiger partial charge in [0.2, 0.25) is 5.91 Å². The lowest BCUT2D eigenvalue weighted by atomic mass is 10.2. The zero-order valence-electron chi connectivity index (χ0n) is 15.9. The third kappa shape index (κ3) is 4.28. The fourth-order valence-corrected chi connectivity index (χ4v) is 3.59. The van der Waals surface area contributed by atoms with E-state index in [9.17, 15) is 9.59 Å². The van der Waals surface area contributed by atoms with E-state index >= 15 is 0 Å². The largest absolute Gasteiger partial charge is 0.497 e. The second kappa shape index (κ2) is 8.79. The van der Waals surface area contributed by atoms with Crippen LogP contribution >= 0.6 is 11.8 Å². The van der Waals surface area contributed by atoms with Gasteiger partial charge in [0.05, 0.1) is 30.8 Å². The minimum atomic E-state index is -0.151. The van der Waals surface area contributed by atoms with Crippen molar-refractivity contribution < 1.29 is 14.3 Å². The topological polar surface area (TPSA) is 82.5 Å². The minimum absolute atomic E-state index is 0.0967. The predicted octanol–water partition coefficient (Wildman–Crippen LogP) is 3.07. The molecule has 7 nitrogen and oxygen atoms in total. The summed E-state index contributed by atoms with van der Waals surface area (Å²) in [6.45, 7) is 0. The van der Waals surface area contributed by atoms with Crippen molar-refractivity contribution in [3.63, 3.8) is 0 Å². The van der Waals surface area contributed by atoms with Crippen LogP contribution in [0.3, 0.4) is 0 Å². The molecule has 0 saturated heterocycles. The Balaban J connectivity index is 1.64. The molecule has 0 radical (unpaired) electrons. The number of hydrogen-bond acceptors (Lipinski definition) is 6. The van der Waals surface area contributed by atoms with E-state index < -0.39 is 0 Å². The Morgan fingerprint density at radius 3 is 2.71 bits per heavy atom. The van der Waals surface area contributed by atoms with Gasteiger partial charge in [-0.15, -0.1) is 0 Å². The van der Waals surface area contributed by atoms with Crippen LogP contribution in [0, 0.1) is 0 Å². The number of methoxy groups -OCH3 is 2. The number of benzene rings is 2. The number of anilines is 1. The lowest BCUT2D eigenvalue weighted by Crippen LogP contribution is -2.20. The molecule has 2 aromatic carbocycles. The Labute approximate surface area is 166 Å². The summed E-state index contributed by atoms with van der Waals surface area (Å²) in [4.78, 5) is 29.2. The highest BCUT2D eigenvalue weighted by Crippen LogP contribution is 2.29. The number of aromatic nitrogens is 2. The summed E-state index contributed by atoms with van der Waals surface area (Å²) < 4.78 is 11.9. The number of carbonyl (C=O) groups is 1. The van der Waals surface area contributed by atoms with Gasteiger partial charge in [-0.3, -0.25) is 14.2 Å². The third-order valence-electron chi connectivity index (χ3n) is 4.19. The van der Waals surface area contributed by atoms with Crippen LogP contribution in [0.2, 0.25) is 0 Å². The van der Waals surface area contributed by atoms with Crippen LogP contribution < -0.4 is 20.3 Å². The van der Waals surface area contributed by atoms with Gasteiger partial charge in [0.1, 0.15) is 11.5 Å². The monoisotopic (exact) mass is 399 g/mol. The van der Waals surface area contributed by atoms with Crippen molar-refractivity contribution in [1.29, 1.82) is 0 Å². The number of nitrogens with zero attached hydrogens (tertiary/aromatic N) is 2. The molecule has 3 aromatic rings. The molecule has 0 spiro atoms. The Morgan fingerprint density at radius 1 is 1.18 bits per heavy atom. The van der Waals surface area contributed by atoms with Crippen LogP contribution in [-0.4, -0.2) is 35.4 Å². The summed E-state index contributed by atoms with van der Waals surface area (Å²) in [5.41, 5.74) is 1.13. The second-order valence-corrected chi connectivity index (χ2v) is 7.05. The lowest BCUT2D eigenvalue weighted by Gasteiger charge is -2.12. The molecule has 3 rings (SSSR count). The van der Waals surface area contributed by atoms with Crippen molar-refractivity contribution in [1.82, 2.24) is 9.55 Å². The first kappa shape index (κ1) is 19.8. The number of carbonyl (C=O) groups excluding carboxylic acids is 1. The fraction of sp³-hybridized carbons (Fsp3) is 0.250. The van der Waals surface area contributed by atoms with Crippen molar-refractivity contribution >= 4 is 34.3 Å². The zero-order chi connectivity index (χ0) is 20.1. The molecular formula is C20H21N3O4S. The first-order valence-corrected chi connectivity index (χ1v) is 9.62. The smallest absolute Gasteiger partial charge is 0.261 e. The Hall–Kier alpha value is -3.00. The highest BCUT2D eigenvalue weighted by atomic mass is 32.2. The average molecular weight is 399 g/mol. The molecule has 0 unspecified atom stereocenters. The number of para-hydroxylation sites is 1. The summed E-state index contributed by atoms with van der Waals surface area (Å²) in [6.07, 6.45) is 0.266. The Morgan fingerprint density at radius 2 is 1.96 bits per heavy atom. The summed E-state index contributed by atoms with van der Waals surface area (Å²) in [5, 5.41) is 4.00. The number of thioether (sulfide) groups is 1. The van der Waals surface area contributed by atoms with Gasteiger partial charge in [0.15, 0.2) is 5.16 Å². The minimum Gasteiger partial charge on any atom is -0.497 e. The third-order valence-corrected chi connectivity index (χ3v) is 5.22. The SMILES string of the molecule is COc1ccc(NC(=O)CCSc2nc3ccccc3c(=O)n2C)c(OC)c1. The normalized spacial score (nSPS) is 10.7. The number of rotatable bonds is 7. The number of fused-ring (bicyclic) bond motifs is 1. The molecule has 1 heterocycles. The maximum atomic E-state index is 12.4. The molecule has 28 heavy (non-hydrogen) atoms. The molecule has 8 heteroatoms.